The summed E-state index contributed by atoms with van der Waals surface area (Å²) in [6.07, 6.45) is 4.79. The molecule has 1 aliphatic carbocycles. The summed E-state index contributed by atoms with van der Waals surface area (Å²) >= 11 is 0. The molecule has 0 spiro atoms. The fourth-order valence-electron chi connectivity index (χ4n) is 3.35. The molecule has 18 heavy (non-hydrogen) atoms. The van der Waals surface area contributed by atoms with E-state index < -0.39 is 0 Å². The normalized spacial score (nSPS) is 23.9. The first-order valence-corrected chi connectivity index (χ1v) is 7.01. The number of para-hydroxylation sites is 2. The van der Waals surface area contributed by atoms with Crippen LogP contribution < -0.4 is 5.73 Å². The van der Waals surface area contributed by atoms with Gasteiger partial charge in [0.1, 0.15) is 5.82 Å². The van der Waals surface area contributed by atoms with Crippen LogP contribution in [0.5, 0.6) is 0 Å². The number of fused-ring (bicyclic) bond motifs is 1. The third kappa shape index (κ3) is 1.74. The first kappa shape index (κ1) is 11.7. The summed E-state index contributed by atoms with van der Waals surface area (Å²) in [5, 5.41) is 0. The Balaban J connectivity index is 2.14. The van der Waals surface area contributed by atoms with Crippen LogP contribution in [-0.4, -0.2) is 16.1 Å². The van der Waals surface area contributed by atoms with Gasteiger partial charge in [-0.05, 0) is 37.4 Å². The summed E-state index contributed by atoms with van der Waals surface area (Å²) in [5.74, 6) is 1.83. The zero-order valence-electron chi connectivity index (χ0n) is 11.0. The Morgan fingerprint density at radius 2 is 2.17 bits per heavy atom. The molecule has 1 saturated carbocycles. The predicted molar refractivity (Wildman–Crippen MR) is 74.5 cm³/mol. The van der Waals surface area contributed by atoms with Crippen LogP contribution >= 0.6 is 0 Å². The molecule has 2 unspecified atom stereocenters. The summed E-state index contributed by atoms with van der Waals surface area (Å²) in [6, 6.07) is 9.02. The number of benzene rings is 1. The molecule has 0 amide bonds. The van der Waals surface area contributed by atoms with Crippen LogP contribution in [0.3, 0.4) is 0 Å². The average molecular weight is 243 g/mol. The molecule has 0 aliphatic heterocycles. The van der Waals surface area contributed by atoms with Crippen LogP contribution in [0.2, 0.25) is 0 Å². The van der Waals surface area contributed by atoms with E-state index in [1.165, 1.54) is 30.6 Å². The van der Waals surface area contributed by atoms with Gasteiger partial charge in [-0.1, -0.05) is 25.5 Å². The second-order valence-electron chi connectivity index (χ2n) is 5.23. The molecule has 2 aromatic rings. The van der Waals surface area contributed by atoms with E-state index in [1.54, 1.807) is 0 Å². The van der Waals surface area contributed by atoms with Gasteiger partial charge in [0.2, 0.25) is 0 Å². The Labute approximate surface area is 108 Å². The monoisotopic (exact) mass is 243 g/mol. The quantitative estimate of drug-likeness (QED) is 0.900. The lowest BCUT2D eigenvalue weighted by Gasteiger charge is -2.22. The van der Waals surface area contributed by atoms with Gasteiger partial charge >= 0.3 is 0 Å². The Hall–Kier alpha value is -1.35. The van der Waals surface area contributed by atoms with Crippen molar-refractivity contribution in [3.63, 3.8) is 0 Å². The molecule has 1 aliphatic rings. The zero-order valence-corrected chi connectivity index (χ0v) is 11.0. The summed E-state index contributed by atoms with van der Waals surface area (Å²) in [7, 11) is 0. The molecule has 1 aromatic heterocycles. The van der Waals surface area contributed by atoms with Crippen LogP contribution in [0.15, 0.2) is 24.3 Å². The van der Waals surface area contributed by atoms with Gasteiger partial charge in [-0.25, -0.2) is 4.98 Å². The molecular formula is C15H21N3. The highest BCUT2D eigenvalue weighted by atomic mass is 15.1. The molecule has 0 radical (unpaired) electrons. The molecule has 1 aromatic carbocycles. The van der Waals surface area contributed by atoms with Crippen molar-refractivity contribution in [1.82, 2.24) is 9.55 Å². The fraction of sp³-hybridized carbons (Fsp3) is 0.533. The van der Waals surface area contributed by atoms with Crippen molar-refractivity contribution in [2.24, 2.45) is 11.7 Å². The molecule has 1 fully saturated rings. The topological polar surface area (TPSA) is 43.8 Å². The maximum absolute atomic E-state index is 5.93. The number of hydrogen-bond donors (Lipinski definition) is 1. The highest BCUT2D eigenvalue weighted by molar-refractivity contribution is 5.76. The summed E-state index contributed by atoms with van der Waals surface area (Å²) in [4.78, 5) is 4.77. The number of nitrogens with two attached hydrogens (primary N) is 1. The summed E-state index contributed by atoms with van der Waals surface area (Å²) in [5.41, 5.74) is 8.33. The molecule has 3 nitrogen and oxygen atoms in total. The first-order chi connectivity index (χ1) is 8.85. The van der Waals surface area contributed by atoms with E-state index in [-0.39, 0.29) is 0 Å². The molecule has 0 saturated heterocycles. The SMILES string of the molecule is CCc1nc2ccccc2n1C1CCCC1CN. The van der Waals surface area contributed by atoms with Crippen molar-refractivity contribution in [1.29, 1.82) is 0 Å². The fourth-order valence-corrected chi connectivity index (χ4v) is 3.35. The Morgan fingerprint density at radius 3 is 2.94 bits per heavy atom. The van der Waals surface area contributed by atoms with Crippen molar-refractivity contribution in [2.45, 2.75) is 38.6 Å². The van der Waals surface area contributed by atoms with Crippen LogP contribution in [0.25, 0.3) is 11.0 Å². The first-order valence-electron chi connectivity index (χ1n) is 7.01. The van der Waals surface area contributed by atoms with Crippen LogP contribution in [0, 0.1) is 5.92 Å². The molecule has 0 bridgehead atoms. The largest absolute Gasteiger partial charge is 0.330 e. The second-order valence-corrected chi connectivity index (χ2v) is 5.23. The second kappa shape index (κ2) is 4.73. The van der Waals surface area contributed by atoms with E-state index in [4.69, 9.17) is 10.7 Å². The number of imidazole rings is 1. The van der Waals surface area contributed by atoms with Crippen molar-refractivity contribution >= 4 is 11.0 Å². The lowest BCUT2D eigenvalue weighted by Crippen LogP contribution is -2.22. The molecule has 3 heteroatoms. The van der Waals surface area contributed by atoms with Crippen molar-refractivity contribution in [3.8, 4) is 0 Å². The van der Waals surface area contributed by atoms with Gasteiger partial charge in [0, 0.05) is 12.5 Å². The van der Waals surface area contributed by atoms with E-state index >= 15 is 0 Å². The highest BCUT2D eigenvalue weighted by Crippen LogP contribution is 2.38. The maximum atomic E-state index is 5.93. The zero-order chi connectivity index (χ0) is 12.5. The van der Waals surface area contributed by atoms with E-state index in [2.05, 4.69) is 35.8 Å². The van der Waals surface area contributed by atoms with Crippen molar-refractivity contribution < 1.29 is 0 Å². The molecule has 96 valence electrons. The predicted octanol–water partition coefficient (Wildman–Crippen LogP) is 2.90. The number of nitrogens with zero attached hydrogens (tertiary/aromatic N) is 2. The van der Waals surface area contributed by atoms with Crippen LogP contribution in [0.1, 0.15) is 38.1 Å². The van der Waals surface area contributed by atoms with Gasteiger partial charge in [0.15, 0.2) is 0 Å². The smallest absolute Gasteiger partial charge is 0.109 e. The summed E-state index contributed by atoms with van der Waals surface area (Å²) < 4.78 is 2.46. The van der Waals surface area contributed by atoms with Gasteiger partial charge in [-0.15, -0.1) is 0 Å². The van der Waals surface area contributed by atoms with Gasteiger partial charge in [0.25, 0.3) is 0 Å². The van der Waals surface area contributed by atoms with Gasteiger partial charge in [-0.2, -0.15) is 0 Å². The van der Waals surface area contributed by atoms with Gasteiger partial charge < -0.3 is 10.3 Å². The Morgan fingerprint density at radius 1 is 1.33 bits per heavy atom. The standard InChI is InChI=1S/C15H21N3/c1-2-15-17-12-7-3-4-8-14(12)18(15)13-9-5-6-11(13)10-16/h3-4,7-8,11,13H,2,5-6,9-10,16H2,1H3. The number of aryl methyl sites for hydroxylation is 1. The molecule has 2 atom stereocenters. The average Bonchev–Trinajstić information content (AvgIpc) is 3.01. The molecular weight excluding hydrogens is 222 g/mol. The molecule has 1 heterocycles. The van der Waals surface area contributed by atoms with E-state index in [9.17, 15) is 0 Å². The molecule has 3 rings (SSSR count). The van der Waals surface area contributed by atoms with Gasteiger partial charge in [0.05, 0.1) is 11.0 Å². The highest BCUT2D eigenvalue weighted by Gasteiger charge is 2.29. The number of rotatable bonds is 3. The minimum Gasteiger partial charge on any atom is -0.330 e. The van der Waals surface area contributed by atoms with Crippen LogP contribution in [0.4, 0.5) is 0 Å². The Bertz CT molecular complexity index is 544. The third-order valence-corrected chi connectivity index (χ3v) is 4.24. The minimum atomic E-state index is 0.553. The lowest BCUT2D eigenvalue weighted by atomic mass is 10.0. The number of hydrogen-bond acceptors (Lipinski definition) is 2. The number of aromatic nitrogens is 2. The summed E-state index contributed by atoms with van der Waals surface area (Å²) in [6.45, 7) is 2.98. The maximum Gasteiger partial charge on any atom is 0.109 e. The van der Waals surface area contributed by atoms with Crippen LogP contribution in [-0.2, 0) is 6.42 Å². The van der Waals surface area contributed by atoms with E-state index in [1.807, 2.05) is 0 Å². The Kier molecular flexibility index (Phi) is 3.08. The van der Waals surface area contributed by atoms with E-state index in [0.29, 0.717) is 12.0 Å². The minimum absolute atomic E-state index is 0.553. The third-order valence-electron chi connectivity index (χ3n) is 4.24. The molecule has 2 N–H and O–H groups in total. The van der Waals surface area contributed by atoms with Crippen molar-refractivity contribution in [3.05, 3.63) is 30.1 Å². The van der Waals surface area contributed by atoms with Gasteiger partial charge in [-0.3, -0.25) is 0 Å². The van der Waals surface area contributed by atoms with E-state index in [0.717, 1.165) is 18.5 Å². The van der Waals surface area contributed by atoms with Crippen molar-refractivity contribution in [2.75, 3.05) is 6.54 Å². The lowest BCUT2D eigenvalue weighted by molar-refractivity contribution is 0.386.